The van der Waals surface area contributed by atoms with E-state index in [1.807, 2.05) is 0 Å². The Hall–Kier alpha value is -1.53. The average molecular weight is 360 g/mol. The van der Waals surface area contributed by atoms with Gasteiger partial charge in [-0.3, -0.25) is 4.90 Å². The normalized spacial score (nSPS) is 15.9. The van der Waals surface area contributed by atoms with Crippen LogP contribution in [0.5, 0.6) is 0 Å². The monoisotopic (exact) mass is 359 g/mol. The van der Waals surface area contributed by atoms with Gasteiger partial charge in [-0.15, -0.1) is 11.3 Å². The molecule has 3 aromatic rings. The molecule has 0 aliphatic carbocycles. The molecular weight excluding hydrogens is 342 g/mol. The number of hydrogen-bond donors (Lipinski definition) is 0. The minimum Gasteiger partial charge on any atom is -0.379 e. The minimum absolute atomic E-state index is 0.531. The lowest BCUT2D eigenvalue weighted by Crippen LogP contribution is -2.35. The van der Waals surface area contributed by atoms with Crippen LogP contribution in [0.4, 0.5) is 0 Å². The number of thiophene rings is 1. The standard InChI is InChI=1S/C18H18ClN3OS/c1-12-15-17(18(19)21-11-20-15)24-16(12)14-4-2-3-13(9-14)10-22-5-7-23-8-6-22/h2-4,9,11H,5-8,10H2,1H3. The van der Waals surface area contributed by atoms with Crippen molar-refractivity contribution in [3.05, 3.63) is 46.9 Å². The van der Waals surface area contributed by atoms with Gasteiger partial charge in [-0.25, -0.2) is 9.97 Å². The summed E-state index contributed by atoms with van der Waals surface area (Å²) in [6, 6.07) is 8.74. The van der Waals surface area contributed by atoms with Crippen molar-refractivity contribution in [2.75, 3.05) is 26.3 Å². The molecule has 0 radical (unpaired) electrons. The van der Waals surface area contributed by atoms with Crippen LogP contribution in [0.15, 0.2) is 30.6 Å². The molecule has 1 aliphatic rings. The molecule has 0 N–H and O–H groups in total. The first-order chi connectivity index (χ1) is 11.7. The maximum atomic E-state index is 6.23. The van der Waals surface area contributed by atoms with Crippen LogP contribution in [0.1, 0.15) is 11.1 Å². The van der Waals surface area contributed by atoms with Crippen molar-refractivity contribution in [1.82, 2.24) is 14.9 Å². The summed E-state index contributed by atoms with van der Waals surface area (Å²) in [5.74, 6) is 0. The van der Waals surface area contributed by atoms with Crippen LogP contribution in [-0.2, 0) is 11.3 Å². The minimum atomic E-state index is 0.531. The summed E-state index contributed by atoms with van der Waals surface area (Å²) in [5, 5.41) is 0.531. The van der Waals surface area contributed by atoms with Crippen molar-refractivity contribution in [3.63, 3.8) is 0 Å². The first-order valence-electron chi connectivity index (χ1n) is 8.01. The molecule has 1 fully saturated rings. The zero-order chi connectivity index (χ0) is 16.5. The molecule has 2 aromatic heterocycles. The second-order valence-electron chi connectivity index (χ2n) is 5.99. The van der Waals surface area contributed by atoms with E-state index in [1.165, 1.54) is 27.9 Å². The fraction of sp³-hybridized carbons (Fsp3) is 0.333. The molecule has 1 saturated heterocycles. The Kier molecular flexibility index (Phi) is 4.50. The zero-order valence-electron chi connectivity index (χ0n) is 13.5. The van der Waals surface area contributed by atoms with E-state index < -0.39 is 0 Å². The van der Waals surface area contributed by atoms with Crippen molar-refractivity contribution >= 4 is 33.2 Å². The van der Waals surface area contributed by atoms with Gasteiger partial charge in [0.15, 0.2) is 0 Å². The predicted octanol–water partition coefficient (Wildman–Crippen LogP) is 4.15. The molecule has 4 rings (SSSR count). The highest BCUT2D eigenvalue weighted by Crippen LogP contribution is 2.39. The Morgan fingerprint density at radius 3 is 2.88 bits per heavy atom. The van der Waals surface area contributed by atoms with Gasteiger partial charge in [0.05, 0.1) is 23.4 Å². The van der Waals surface area contributed by atoms with E-state index in [0.29, 0.717) is 5.15 Å². The van der Waals surface area contributed by atoms with Crippen LogP contribution in [0.3, 0.4) is 0 Å². The Balaban J connectivity index is 1.68. The first kappa shape index (κ1) is 16.0. The number of hydrogen-bond acceptors (Lipinski definition) is 5. The van der Waals surface area contributed by atoms with Gasteiger partial charge in [0.1, 0.15) is 11.5 Å². The summed E-state index contributed by atoms with van der Waals surface area (Å²) in [4.78, 5) is 12.1. The average Bonchev–Trinajstić information content (AvgIpc) is 2.95. The third-order valence-electron chi connectivity index (χ3n) is 4.36. The Labute approximate surface area is 150 Å². The molecule has 3 heterocycles. The molecule has 1 aromatic carbocycles. The fourth-order valence-corrected chi connectivity index (χ4v) is 4.49. The van der Waals surface area contributed by atoms with Crippen molar-refractivity contribution < 1.29 is 4.74 Å². The molecule has 0 amide bonds. The summed E-state index contributed by atoms with van der Waals surface area (Å²) >= 11 is 7.90. The number of ether oxygens (including phenoxy) is 1. The third kappa shape index (κ3) is 3.05. The maximum Gasteiger partial charge on any atom is 0.150 e. The van der Waals surface area contributed by atoms with Crippen LogP contribution < -0.4 is 0 Å². The quantitative estimate of drug-likeness (QED) is 0.658. The van der Waals surface area contributed by atoms with Crippen LogP contribution in [0.25, 0.3) is 20.7 Å². The van der Waals surface area contributed by atoms with E-state index in [9.17, 15) is 0 Å². The second-order valence-corrected chi connectivity index (χ2v) is 7.37. The van der Waals surface area contributed by atoms with Crippen LogP contribution >= 0.6 is 22.9 Å². The highest BCUT2D eigenvalue weighted by Gasteiger charge is 2.15. The molecule has 0 atom stereocenters. The van der Waals surface area contributed by atoms with Gasteiger partial charge in [0.2, 0.25) is 0 Å². The maximum absolute atomic E-state index is 6.23. The Morgan fingerprint density at radius 1 is 1.25 bits per heavy atom. The lowest BCUT2D eigenvalue weighted by atomic mass is 10.1. The van der Waals surface area contributed by atoms with Crippen molar-refractivity contribution in [3.8, 4) is 10.4 Å². The number of morpholine rings is 1. The number of fused-ring (bicyclic) bond motifs is 1. The van der Waals surface area contributed by atoms with E-state index in [1.54, 1.807) is 11.3 Å². The van der Waals surface area contributed by atoms with Crippen molar-refractivity contribution in [2.45, 2.75) is 13.5 Å². The highest BCUT2D eigenvalue weighted by molar-refractivity contribution is 7.23. The fourth-order valence-electron chi connectivity index (χ4n) is 3.10. The Bertz CT molecular complexity index is 874. The summed E-state index contributed by atoms with van der Waals surface area (Å²) < 4.78 is 6.39. The summed E-state index contributed by atoms with van der Waals surface area (Å²) in [6.45, 7) is 6.71. The van der Waals surface area contributed by atoms with Gasteiger partial charge in [0, 0.05) is 24.5 Å². The molecule has 0 saturated carbocycles. The van der Waals surface area contributed by atoms with Gasteiger partial charge in [-0.1, -0.05) is 29.8 Å². The van der Waals surface area contributed by atoms with Gasteiger partial charge < -0.3 is 4.74 Å². The van der Waals surface area contributed by atoms with Crippen LogP contribution in [0, 0.1) is 6.92 Å². The summed E-state index contributed by atoms with van der Waals surface area (Å²) in [5.41, 5.74) is 4.66. The molecule has 6 heteroatoms. The lowest BCUT2D eigenvalue weighted by molar-refractivity contribution is 0.0342. The van der Waals surface area contributed by atoms with Crippen molar-refractivity contribution in [1.29, 1.82) is 0 Å². The third-order valence-corrected chi connectivity index (χ3v) is 6.09. The summed E-state index contributed by atoms with van der Waals surface area (Å²) in [7, 11) is 0. The molecule has 0 bridgehead atoms. The van der Waals surface area contributed by atoms with Gasteiger partial charge in [0.25, 0.3) is 0 Å². The molecule has 1 aliphatic heterocycles. The topological polar surface area (TPSA) is 38.2 Å². The van der Waals surface area contributed by atoms with E-state index in [0.717, 1.165) is 43.1 Å². The van der Waals surface area contributed by atoms with Gasteiger partial charge in [-0.2, -0.15) is 0 Å². The molecule has 24 heavy (non-hydrogen) atoms. The smallest absolute Gasteiger partial charge is 0.150 e. The van der Waals surface area contributed by atoms with Crippen LogP contribution in [-0.4, -0.2) is 41.2 Å². The molecule has 124 valence electrons. The van der Waals surface area contributed by atoms with Crippen molar-refractivity contribution in [2.24, 2.45) is 0 Å². The van der Waals surface area contributed by atoms with E-state index >= 15 is 0 Å². The zero-order valence-corrected chi connectivity index (χ0v) is 15.0. The van der Waals surface area contributed by atoms with Gasteiger partial charge >= 0.3 is 0 Å². The Morgan fingerprint density at radius 2 is 2.08 bits per heavy atom. The number of aryl methyl sites for hydroxylation is 1. The number of rotatable bonds is 3. The van der Waals surface area contributed by atoms with E-state index in [2.05, 4.69) is 46.1 Å². The summed E-state index contributed by atoms with van der Waals surface area (Å²) in [6.07, 6.45) is 1.53. The lowest BCUT2D eigenvalue weighted by Gasteiger charge is -2.26. The molecular formula is C18H18ClN3OS. The molecule has 0 spiro atoms. The number of benzene rings is 1. The SMILES string of the molecule is Cc1c(-c2cccc(CN3CCOCC3)c2)sc2c(Cl)ncnc12. The first-order valence-corrected chi connectivity index (χ1v) is 9.21. The van der Waals surface area contributed by atoms with Crippen LogP contribution in [0.2, 0.25) is 5.15 Å². The predicted molar refractivity (Wildman–Crippen MR) is 98.7 cm³/mol. The second kappa shape index (κ2) is 6.76. The molecule has 0 unspecified atom stereocenters. The molecule has 4 nitrogen and oxygen atoms in total. The number of aromatic nitrogens is 2. The number of halogens is 1. The van der Waals surface area contributed by atoms with Gasteiger partial charge in [-0.05, 0) is 29.7 Å². The highest BCUT2D eigenvalue weighted by atomic mass is 35.5. The van der Waals surface area contributed by atoms with E-state index in [-0.39, 0.29) is 0 Å². The number of nitrogens with zero attached hydrogens (tertiary/aromatic N) is 3. The van der Waals surface area contributed by atoms with E-state index in [4.69, 9.17) is 16.3 Å². The largest absolute Gasteiger partial charge is 0.379 e.